The Morgan fingerprint density at radius 1 is 1.26 bits per heavy atom. The van der Waals surface area contributed by atoms with Gasteiger partial charge in [0.05, 0.1) is 17.7 Å². The van der Waals surface area contributed by atoms with Gasteiger partial charge in [-0.25, -0.2) is 4.79 Å². The molecular formula is C19H18N4O4. The summed E-state index contributed by atoms with van der Waals surface area (Å²) in [7, 11) is 3.03. The van der Waals surface area contributed by atoms with Crippen LogP contribution in [-0.4, -0.2) is 27.8 Å². The Hall–Kier alpha value is -3.68. The Morgan fingerprint density at radius 3 is 2.67 bits per heavy atom. The average molecular weight is 366 g/mol. The Morgan fingerprint density at radius 2 is 2.00 bits per heavy atom. The van der Waals surface area contributed by atoms with Crippen molar-refractivity contribution < 1.29 is 14.5 Å². The van der Waals surface area contributed by atoms with Crippen LogP contribution >= 0.6 is 0 Å². The van der Waals surface area contributed by atoms with Crippen molar-refractivity contribution in [3.8, 4) is 11.3 Å². The number of hydrogen-bond donors (Lipinski definition) is 1. The summed E-state index contributed by atoms with van der Waals surface area (Å²) >= 11 is 0. The number of nitro benzene ring substituents is 1. The molecule has 0 spiro atoms. The molecule has 0 aliphatic heterocycles. The van der Waals surface area contributed by atoms with Crippen LogP contribution in [0, 0.1) is 10.1 Å². The molecule has 8 heteroatoms. The van der Waals surface area contributed by atoms with Crippen molar-refractivity contribution in [3.63, 3.8) is 0 Å². The van der Waals surface area contributed by atoms with Gasteiger partial charge in [0.15, 0.2) is 0 Å². The van der Waals surface area contributed by atoms with Crippen LogP contribution in [0.2, 0.25) is 0 Å². The highest BCUT2D eigenvalue weighted by Gasteiger charge is 2.21. The van der Waals surface area contributed by atoms with E-state index in [9.17, 15) is 14.9 Å². The summed E-state index contributed by atoms with van der Waals surface area (Å²) in [6, 6.07) is 14.1. The maximum absolute atomic E-state index is 11.8. The second-order valence-corrected chi connectivity index (χ2v) is 5.88. The number of aryl methyl sites for hydroxylation is 1. The Bertz CT molecular complexity index is 983. The van der Waals surface area contributed by atoms with Crippen molar-refractivity contribution in [1.82, 2.24) is 9.78 Å². The fourth-order valence-corrected chi connectivity index (χ4v) is 2.78. The second kappa shape index (κ2) is 7.69. The lowest BCUT2D eigenvalue weighted by Gasteiger charge is -2.09. The van der Waals surface area contributed by atoms with Crippen LogP contribution in [-0.2, 0) is 18.3 Å². The number of rotatable bonds is 6. The van der Waals surface area contributed by atoms with E-state index in [4.69, 9.17) is 0 Å². The van der Waals surface area contributed by atoms with E-state index in [0.717, 1.165) is 16.8 Å². The number of carbonyl (C=O) groups excluding carboxylic acids is 1. The summed E-state index contributed by atoms with van der Waals surface area (Å²) in [4.78, 5) is 22.3. The summed E-state index contributed by atoms with van der Waals surface area (Å²) in [5.41, 5.74) is 2.99. The van der Waals surface area contributed by atoms with E-state index in [1.54, 1.807) is 10.7 Å². The van der Waals surface area contributed by atoms with Gasteiger partial charge in [-0.15, -0.1) is 0 Å². The predicted octanol–water partition coefficient (Wildman–Crippen LogP) is 3.39. The minimum absolute atomic E-state index is 0.0954. The number of aromatic nitrogens is 2. The minimum atomic E-state index is -0.753. The lowest BCUT2D eigenvalue weighted by Crippen LogP contribution is -2.07. The quantitative estimate of drug-likeness (QED) is 0.408. The average Bonchev–Trinajstić information content (AvgIpc) is 3.06. The molecule has 138 valence electrons. The topological polar surface area (TPSA) is 99.3 Å². The van der Waals surface area contributed by atoms with Gasteiger partial charge in [-0.2, -0.15) is 5.10 Å². The molecule has 0 saturated carbocycles. The number of anilines is 1. The molecule has 0 aliphatic carbocycles. The highest BCUT2D eigenvalue weighted by Crippen LogP contribution is 2.26. The van der Waals surface area contributed by atoms with Gasteiger partial charge in [0.25, 0.3) is 5.69 Å². The third kappa shape index (κ3) is 3.95. The fourth-order valence-electron chi connectivity index (χ4n) is 2.78. The molecule has 3 aromatic rings. The second-order valence-electron chi connectivity index (χ2n) is 5.88. The number of benzene rings is 2. The zero-order valence-electron chi connectivity index (χ0n) is 14.9. The first kappa shape index (κ1) is 18.1. The van der Waals surface area contributed by atoms with Crippen molar-refractivity contribution in [3.05, 3.63) is 76.0 Å². The van der Waals surface area contributed by atoms with E-state index in [-0.39, 0.29) is 11.3 Å². The standard InChI is InChI=1S/C19H18N4O4/c1-22-12-14(18(21-22)13-6-4-3-5-7-13)11-20-15-8-9-17(23(25)26)16(10-15)19(24)27-2/h3-10,12,20H,11H2,1-2H3. The van der Waals surface area contributed by atoms with Crippen LogP contribution in [0.5, 0.6) is 0 Å². The first-order valence-electron chi connectivity index (χ1n) is 8.18. The Balaban J connectivity index is 1.86. The van der Waals surface area contributed by atoms with Gasteiger partial charge >= 0.3 is 5.97 Å². The van der Waals surface area contributed by atoms with Gasteiger partial charge in [0.1, 0.15) is 5.56 Å². The zero-order chi connectivity index (χ0) is 19.4. The molecule has 1 aromatic heterocycles. The number of methoxy groups -OCH3 is 1. The van der Waals surface area contributed by atoms with E-state index in [2.05, 4.69) is 15.2 Å². The molecular weight excluding hydrogens is 348 g/mol. The van der Waals surface area contributed by atoms with Gasteiger partial charge in [-0.3, -0.25) is 14.8 Å². The van der Waals surface area contributed by atoms with E-state index in [0.29, 0.717) is 12.2 Å². The van der Waals surface area contributed by atoms with E-state index in [1.807, 2.05) is 43.6 Å². The van der Waals surface area contributed by atoms with E-state index < -0.39 is 10.9 Å². The van der Waals surface area contributed by atoms with E-state index >= 15 is 0 Å². The molecule has 0 saturated heterocycles. The molecule has 0 aliphatic rings. The van der Waals surface area contributed by atoms with Crippen molar-refractivity contribution in [2.45, 2.75) is 6.54 Å². The van der Waals surface area contributed by atoms with Crippen LogP contribution < -0.4 is 5.32 Å². The molecule has 0 fully saturated rings. The van der Waals surface area contributed by atoms with Gasteiger partial charge in [0, 0.05) is 42.7 Å². The molecule has 3 rings (SSSR count). The molecule has 0 radical (unpaired) electrons. The molecule has 0 atom stereocenters. The lowest BCUT2D eigenvalue weighted by molar-refractivity contribution is -0.385. The molecule has 1 N–H and O–H groups in total. The van der Waals surface area contributed by atoms with Crippen LogP contribution in [0.4, 0.5) is 11.4 Å². The van der Waals surface area contributed by atoms with Gasteiger partial charge in [-0.05, 0) is 12.1 Å². The molecule has 0 amide bonds. The Kier molecular flexibility index (Phi) is 5.16. The van der Waals surface area contributed by atoms with E-state index in [1.165, 1.54) is 19.2 Å². The number of nitrogens with zero attached hydrogens (tertiary/aromatic N) is 3. The summed E-state index contributed by atoms with van der Waals surface area (Å²) in [6.45, 7) is 0.441. The SMILES string of the molecule is COC(=O)c1cc(NCc2cn(C)nc2-c2ccccc2)ccc1[N+](=O)[O-]. The number of hydrogen-bond acceptors (Lipinski definition) is 6. The normalized spacial score (nSPS) is 10.4. The van der Waals surface area contributed by atoms with Crippen LogP contribution in [0.15, 0.2) is 54.7 Å². The number of esters is 1. The monoisotopic (exact) mass is 366 g/mol. The van der Waals surface area contributed by atoms with Gasteiger partial charge < -0.3 is 10.1 Å². The maximum atomic E-state index is 11.8. The zero-order valence-corrected chi connectivity index (χ0v) is 14.9. The highest BCUT2D eigenvalue weighted by atomic mass is 16.6. The predicted molar refractivity (Wildman–Crippen MR) is 100 cm³/mol. The third-order valence-corrected chi connectivity index (χ3v) is 4.03. The summed E-state index contributed by atoms with van der Waals surface area (Å²) < 4.78 is 6.37. The molecule has 8 nitrogen and oxygen atoms in total. The third-order valence-electron chi connectivity index (χ3n) is 4.03. The molecule has 0 bridgehead atoms. The van der Waals surface area contributed by atoms with Crippen molar-refractivity contribution in [1.29, 1.82) is 0 Å². The minimum Gasteiger partial charge on any atom is -0.465 e. The van der Waals surface area contributed by atoms with Gasteiger partial charge in [-0.1, -0.05) is 30.3 Å². The first-order valence-corrected chi connectivity index (χ1v) is 8.18. The largest absolute Gasteiger partial charge is 0.465 e. The molecule has 1 heterocycles. The number of ether oxygens (including phenoxy) is 1. The summed E-state index contributed by atoms with van der Waals surface area (Å²) in [5, 5.41) is 18.8. The number of nitro groups is 1. The molecule has 27 heavy (non-hydrogen) atoms. The van der Waals surface area contributed by atoms with Crippen LogP contribution in [0.1, 0.15) is 15.9 Å². The van der Waals surface area contributed by atoms with Gasteiger partial charge in [0.2, 0.25) is 0 Å². The summed E-state index contributed by atoms with van der Waals surface area (Å²) in [5.74, 6) is -0.753. The van der Waals surface area contributed by atoms with Crippen molar-refractivity contribution in [2.24, 2.45) is 7.05 Å². The highest BCUT2D eigenvalue weighted by molar-refractivity contribution is 5.95. The maximum Gasteiger partial charge on any atom is 0.344 e. The number of nitrogens with one attached hydrogen (secondary N) is 1. The Labute approximate surface area is 155 Å². The fraction of sp³-hybridized carbons (Fsp3) is 0.158. The lowest BCUT2D eigenvalue weighted by atomic mass is 10.1. The summed E-state index contributed by atoms with van der Waals surface area (Å²) in [6.07, 6.45) is 1.90. The van der Waals surface area contributed by atoms with Crippen molar-refractivity contribution in [2.75, 3.05) is 12.4 Å². The van der Waals surface area contributed by atoms with Crippen LogP contribution in [0.25, 0.3) is 11.3 Å². The smallest absolute Gasteiger partial charge is 0.344 e. The van der Waals surface area contributed by atoms with Crippen LogP contribution in [0.3, 0.4) is 0 Å². The molecule has 2 aromatic carbocycles. The molecule has 0 unspecified atom stereocenters. The first-order chi connectivity index (χ1) is 13.0. The van der Waals surface area contributed by atoms with Crippen molar-refractivity contribution >= 4 is 17.3 Å². The number of carbonyl (C=O) groups is 1.